The molecule has 0 aromatic carbocycles. The van der Waals surface area contributed by atoms with Gasteiger partial charge in [-0.1, -0.05) is 0 Å². The SMILES string of the molecule is O=C(O)c1cccnc1N1CCC(F)(F)C1. The lowest BCUT2D eigenvalue weighted by Crippen LogP contribution is -2.27. The molecule has 0 amide bonds. The molecule has 0 bridgehead atoms. The maximum atomic E-state index is 13.0. The zero-order valence-electron chi connectivity index (χ0n) is 8.36. The Kier molecular flexibility index (Phi) is 2.49. The van der Waals surface area contributed by atoms with E-state index in [9.17, 15) is 13.6 Å². The molecular formula is C10H10F2N2O2. The normalized spacial score (nSPS) is 18.8. The first-order valence-electron chi connectivity index (χ1n) is 4.81. The highest BCUT2D eigenvalue weighted by Gasteiger charge is 2.39. The zero-order valence-corrected chi connectivity index (χ0v) is 8.36. The predicted molar refractivity (Wildman–Crippen MR) is 53.0 cm³/mol. The first-order chi connectivity index (χ1) is 7.49. The number of hydrogen-bond acceptors (Lipinski definition) is 3. The summed E-state index contributed by atoms with van der Waals surface area (Å²) in [5, 5.41) is 8.90. The van der Waals surface area contributed by atoms with Crippen LogP contribution in [-0.2, 0) is 0 Å². The van der Waals surface area contributed by atoms with Crippen molar-refractivity contribution in [2.24, 2.45) is 0 Å². The van der Waals surface area contributed by atoms with Gasteiger partial charge in [-0.25, -0.2) is 18.6 Å². The molecule has 6 heteroatoms. The minimum Gasteiger partial charge on any atom is -0.478 e. The Morgan fingerprint density at radius 3 is 2.88 bits per heavy atom. The van der Waals surface area contributed by atoms with Crippen molar-refractivity contribution in [2.75, 3.05) is 18.0 Å². The summed E-state index contributed by atoms with van der Waals surface area (Å²) in [5.74, 6) is -3.79. The Hall–Kier alpha value is -1.72. The first kappa shape index (κ1) is 10.8. The Bertz CT molecular complexity index is 423. The van der Waals surface area contributed by atoms with Gasteiger partial charge in [0.05, 0.1) is 6.54 Å². The van der Waals surface area contributed by atoms with Gasteiger partial charge < -0.3 is 10.0 Å². The van der Waals surface area contributed by atoms with Crippen molar-refractivity contribution in [2.45, 2.75) is 12.3 Å². The third-order valence-electron chi connectivity index (χ3n) is 2.49. The molecule has 0 saturated carbocycles. The smallest absolute Gasteiger partial charge is 0.339 e. The lowest BCUT2D eigenvalue weighted by Gasteiger charge is -2.18. The Labute approximate surface area is 90.5 Å². The lowest BCUT2D eigenvalue weighted by atomic mass is 10.2. The van der Waals surface area contributed by atoms with Gasteiger partial charge in [-0.15, -0.1) is 0 Å². The number of hydrogen-bond donors (Lipinski definition) is 1. The number of aromatic nitrogens is 1. The molecule has 16 heavy (non-hydrogen) atoms. The quantitative estimate of drug-likeness (QED) is 0.835. The topological polar surface area (TPSA) is 53.4 Å². The highest BCUT2D eigenvalue weighted by atomic mass is 19.3. The fourth-order valence-corrected chi connectivity index (χ4v) is 1.73. The van der Waals surface area contributed by atoms with E-state index in [-0.39, 0.29) is 24.3 Å². The van der Waals surface area contributed by atoms with E-state index in [1.807, 2.05) is 0 Å². The number of rotatable bonds is 2. The van der Waals surface area contributed by atoms with E-state index < -0.39 is 18.4 Å². The van der Waals surface area contributed by atoms with Crippen molar-refractivity contribution < 1.29 is 18.7 Å². The van der Waals surface area contributed by atoms with Crippen LogP contribution in [0.3, 0.4) is 0 Å². The molecule has 2 heterocycles. The molecule has 0 aliphatic carbocycles. The largest absolute Gasteiger partial charge is 0.478 e. The molecule has 0 radical (unpaired) electrons. The molecule has 1 aromatic heterocycles. The minimum absolute atomic E-state index is 0.0415. The van der Waals surface area contributed by atoms with Gasteiger partial charge in [0.2, 0.25) is 0 Å². The van der Waals surface area contributed by atoms with Gasteiger partial charge in [0, 0.05) is 19.2 Å². The average Bonchev–Trinajstić information content (AvgIpc) is 2.59. The number of carboxylic acids is 1. The van der Waals surface area contributed by atoms with Crippen molar-refractivity contribution in [1.29, 1.82) is 0 Å². The van der Waals surface area contributed by atoms with Crippen molar-refractivity contribution in [3.05, 3.63) is 23.9 Å². The molecule has 1 saturated heterocycles. The fraction of sp³-hybridized carbons (Fsp3) is 0.400. The molecule has 1 aliphatic rings. The monoisotopic (exact) mass is 228 g/mol. The summed E-state index contributed by atoms with van der Waals surface area (Å²) < 4.78 is 26.0. The van der Waals surface area contributed by atoms with E-state index in [2.05, 4.69) is 4.98 Å². The van der Waals surface area contributed by atoms with E-state index in [1.54, 1.807) is 0 Å². The van der Waals surface area contributed by atoms with E-state index in [0.717, 1.165) is 0 Å². The number of alkyl halides is 2. The predicted octanol–water partition coefficient (Wildman–Crippen LogP) is 1.63. The summed E-state index contributed by atoms with van der Waals surface area (Å²) in [6.45, 7) is -0.339. The van der Waals surface area contributed by atoms with Crippen LogP contribution in [0.4, 0.5) is 14.6 Å². The van der Waals surface area contributed by atoms with Gasteiger partial charge >= 0.3 is 5.97 Å². The zero-order chi connectivity index (χ0) is 11.8. The Morgan fingerprint density at radius 1 is 1.56 bits per heavy atom. The Morgan fingerprint density at radius 2 is 2.31 bits per heavy atom. The molecule has 1 fully saturated rings. The number of aromatic carboxylic acids is 1. The van der Waals surface area contributed by atoms with Crippen LogP contribution in [0.15, 0.2) is 18.3 Å². The van der Waals surface area contributed by atoms with Crippen LogP contribution >= 0.6 is 0 Å². The van der Waals surface area contributed by atoms with Gasteiger partial charge in [-0.3, -0.25) is 0 Å². The minimum atomic E-state index is -2.76. The molecule has 1 N–H and O–H groups in total. The Balaban J connectivity index is 2.31. The standard InChI is InChI=1S/C10H10F2N2O2/c11-10(12)3-5-14(6-10)8-7(9(15)16)2-1-4-13-8/h1-2,4H,3,5-6H2,(H,15,16). The highest BCUT2D eigenvalue weighted by Crippen LogP contribution is 2.31. The molecule has 4 nitrogen and oxygen atoms in total. The third kappa shape index (κ3) is 1.95. The summed E-state index contributed by atoms with van der Waals surface area (Å²) in [6.07, 6.45) is 1.14. The summed E-state index contributed by atoms with van der Waals surface area (Å²) in [4.78, 5) is 16.1. The van der Waals surface area contributed by atoms with Crippen LogP contribution in [-0.4, -0.2) is 35.1 Å². The molecule has 1 aliphatic heterocycles. The highest BCUT2D eigenvalue weighted by molar-refractivity contribution is 5.93. The van der Waals surface area contributed by atoms with E-state index >= 15 is 0 Å². The van der Waals surface area contributed by atoms with Crippen LogP contribution in [0.25, 0.3) is 0 Å². The van der Waals surface area contributed by atoms with Gasteiger partial charge in [-0.2, -0.15) is 0 Å². The van der Waals surface area contributed by atoms with Crippen molar-refractivity contribution >= 4 is 11.8 Å². The van der Waals surface area contributed by atoms with Gasteiger partial charge in [0.15, 0.2) is 0 Å². The number of carboxylic acid groups (broad SMARTS) is 1. The summed E-state index contributed by atoms with van der Waals surface area (Å²) in [5.41, 5.74) is -0.0415. The van der Waals surface area contributed by atoms with Gasteiger partial charge in [0.25, 0.3) is 5.92 Å². The van der Waals surface area contributed by atoms with Gasteiger partial charge in [0.1, 0.15) is 11.4 Å². The van der Waals surface area contributed by atoms with Crippen LogP contribution in [0.1, 0.15) is 16.8 Å². The number of nitrogens with zero attached hydrogens (tertiary/aromatic N) is 2. The fourth-order valence-electron chi connectivity index (χ4n) is 1.73. The van der Waals surface area contributed by atoms with Crippen LogP contribution < -0.4 is 4.90 Å². The molecular weight excluding hydrogens is 218 g/mol. The van der Waals surface area contributed by atoms with Crippen molar-refractivity contribution in [3.8, 4) is 0 Å². The molecule has 0 spiro atoms. The number of halogens is 2. The lowest BCUT2D eigenvalue weighted by molar-refractivity contribution is 0.0256. The summed E-state index contributed by atoms with van der Waals surface area (Å²) in [7, 11) is 0. The maximum absolute atomic E-state index is 13.0. The molecule has 0 atom stereocenters. The number of carbonyl (C=O) groups is 1. The molecule has 2 rings (SSSR count). The molecule has 1 aromatic rings. The van der Waals surface area contributed by atoms with Crippen molar-refractivity contribution in [3.63, 3.8) is 0 Å². The summed E-state index contributed by atoms with van der Waals surface area (Å²) in [6, 6.07) is 2.84. The first-order valence-corrected chi connectivity index (χ1v) is 4.81. The van der Waals surface area contributed by atoms with Crippen LogP contribution in [0, 0.1) is 0 Å². The summed E-state index contributed by atoms with van der Waals surface area (Å²) >= 11 is 0. The second-order valence-corrected chi connectivity index (χ2v) is 3.71. The average molecular weight is 228 g/mol. The molecule has 86 valence electrons. The van der Waals surface area contributed by atoms with Crippen LogP contribution in [0.5, 0.6) is 0 Å². The van der Waals surface area contributed by atoms with Crippen molar-refractivity contribution in [1.82, 2.24) is 4.98 Å². The second-order valence-electron chi connectivity index (χ2n) is 3.71. The second kappa shape index (κ2) is 3.70. The maximum Gasteiger partial charge on any atom is 0.339 e. The molecule has 0 unspecified atom stereocenters. The van der Waals surface area contributed by atoms with Crippen LogP contribution in [0.2, 0.25) is 0 Å². The van der Waals surface area contributed by atoms with E-state index in [4.69, 9.17) is 5.11 Å². The number of anilines is 1. The van der Waals surface area contributed by atoms with Gasteiger partial charge in [-0.05, 0) is 12.1 Å². The van der Waals surface area contributed by atoms with E-state index in [0.29, 0.717) is 0 Å². The third-order valence-corrected chi connectivity index (χ3v) is 2.49. The van der Waals surface area contributed by atoms with E-state index in [1.165, 1.54) is 23.2 Å². The number of pyridine rings is 1.